The Morgan fingerprint density at radius 3 is 2.50 bits per heavy atom. The standard InChI is InChI=1S/C13H24N4O/c1-6-9(2)10(3)15-12-7-11(14-4)16-13(17-12)8-18-5/h7,9-10H,6,8H2,1-5H3,(H2,14,15,16,17). The van der Waals surface area contributed by atoms with E-state index in [0.29, 0.717) is 24.4 Å². The first-order valence-corrected chi connectivity index (χ1v) is 6.41. The summed E-state index contributed by atoms with van der Waals surface area (Å²) in [5, 5.41) is 6.46. The minimum atomic E-state index is 0.380. The summed E-state index contributed by atoms with van der Waals surface area (Å²) in [7, 11) is 3.49. The third-order valence-electron chi connectivity index (χ3n) is 3.18. The molecule has 102 valence electrons. The Kier molecular flexibility index (Phi) is 5.85. The Morgan fingerprint density at radius 1 is 1.28 bits per heavy atom. The molecule has 0 aliphatic rings. The predicted molar refractivity (Wildman–Crippen MR) is 74.8 cm³/mol. The third-order valence-corrected chi connectivity index (χ3v) is 3.18. The number of aromatic nitrogens is 2. The molecule has 2 unspecified atom stereocenters. The average molecular weight is 252 g/mol. The second kappa shape index (κ2) is 7.16. The van der Waals surface area contributed by atoms with Crippen molar-refractivity contribution in [3.63, 3.8) is 0 Å². The molecule has 0 aliphatic heterocycles. The van der Waals surface area contributed by atoms with Crippen LogP contribution in [0.2, 0.25) is 0 Å². The number of hydrogen-bond donors (Lipinski definition) is 2. The summed E-state index contributed by atoms with van der Waals surface area (Å²) in [5.74, 6) is 2.93. The van der Waals surface area contributed by atoms with Gasteiger partial charge < -0.3 is 15.4 Å². The Hall–Kier alpha value is -1.36. The summed E-state index contributed by atoms with van der Waals surface area (Å²) < 4.78 is 5.08. The zero-order chi connectivity index (χ0) is 13.5. The van der Waals surface area contributed by atoms with Gasteiger partial charge >= 0.3 is 0 Å². The van der Waals surface area contributed by atoms with Crippen LogP contribution in [0.3, 0.4) is 0 Å². The monoisotopic (exact) mass is 252 g/mol. The van der Waals surface area contributed by atoms with Crippen molar-refractivity contribution >= 4 is 11.6 Å². The highest BCUT2D eigenvalue weighted by atomic mass is 16.5. The lowest BCUT2D eigenvalue weighted by Crippen LogP contribution is -2.24. The topological polar surface area (TPSA) is 59.1 Å². The van der Waals surface area contributed by atoms with Crippen LogP contribution < -0.4 is 10.6 Å². The van der Waals surface area contributed by atoms with Gasteiger partial charge in [0.25, 0.3) is 0 Å². The fourth-order valence-corrected chi connectivity index (χ4v) is 1.62. The second-order valence-corrected chi connectivity index (χ2v) is 4.56. The molecule has 2 atom stereocenters. The van der Waals surface area contributed by atoms with Gasteiger partial charge in [-0.15, -0.1) is 0 Å². The average Bonchev–Trinajstić information content (AvgIpc) is 2.37. The lowest BCUT2D eigenvalue weighted by Gasteiger charge is -2.21. The van der Waals surface area contributed by atoms with Gasteiger partial charge in [0.2, 0.25) is 0 Å². The number of rotatable bonds is 7. The van der Waals surface area contributed by atoms with Gasteiger partial charge in [0.05, 0.1) is 0 Å². The molecule has 0 saturated carbocycles. The molecule has 0 aromatic carbocycles. The Balaban J connectivity index is 2.83. The fraction of sp³-hybridized carbons (Fsp3) is 0.692. The molecule has 18 heavy (non-hydrogen) atoms. The van der Waals surface area contributed by atoms with E-state index in [0.717, 1.165) is 18.1 Å². The third kappa shape index (κ3) is 4.14. The number of anilines is 2. The van der Waals surface area contributed by atoms with Crippen molar-refractivity contribution in [3.8, 4) is 0 Å². The van der Waals surface area contributed by atoms with Crippen molar-refractivity contribution < 1.29 is 4.74 Å². The van der Waals surface area contributed by atoms with Crippen LogP contribution in [0.25, 0.3) is 0 Å². The summed E-state index contributed by atoms with van der Waals surface area (Å²) in [6.07, 6.45) is 1.14. The van der Waals surface area contributed by atoms with Crippen LogP contribution in [0, 0.1) is 5.92 Å². The van der Waals surface area contributed by atoms with Crippen molar-refractivity contribution in [2.45, 2.75) is 39.8 Å². The largest absolute Gasteiger partial charge is 0.377 e. The molecule has 0 aliphatic carbocycles. The van der Waals surface area contributed by atoms with Gasteiger partial charge in [-0.25, -0.2) is 9.97 Å². The number of methoxy groups -OCH3 is 1. The van der Waals surface area contributed by atoms with E-state index in [9.17, 15) is 0 Å². The molecule has 1 rings (SSSR count). The number of ether oxygens (including phenoxy) is 1. The van der Waals surface area contributed by atoms with Crippen molar-refractivity contribution in [2.24, 2.45) is 5.92 Å². The zero-order valence-corrected chi connectivity index (χ0v) is 11.9. The lowest BCUT2D eigenvalue weighted by atomic mass is 10.0. The molecule has 0 amide bonds. The van der Waals surface area contributed by atoms with E-state index < -0.39 is 0 Å². The summed E-state index contributed by atoms with van der Waals surface area (Å²) in [6.45, 7) is 7.01. The molecule has 2 N–H and O–H groups in total. The van der Waals surface area contributed by atoms with Crippen LogP contribution in [0.5, 0.6) is 0 Å². The van der Waals surface area contributed by atoms with Gasteiger partial charge in [-0.3, -0.25) is 0 Å². The molecule has 1 aromatic rings. The first-order chi connectivity index (χ1) is 8.60. The highest BCUT2D eigenvalue weighted by molar-refractivity contribution is 5.47. The van der Waals surface area contributed by atoms with E-state index in [-0.39, 0.29) is 0 Å². The number of hydrogen-bond acceptors (Lipinski definition) is 5. The first-order valence-electron chi connectivity index (χ1n) is 6.41. The Labute approximate surface area is 109 Å². The molecule has 0 spiro atoms. The summed E-state index contributed by atoms with van der Waals surface area (Å²) >= 11 is 0. The van der Waals surface area contributed by atoms with Crippen molar-refractivity contribution in [1.82, 2.24) is 9.97 Å². The van der Waals surface area contributed by atoms with Gasteiger partial charge in [0, 0.05) is 26.3 Å². The first kappa shape index (κ1) is 14.7. The van der Waals surface area contributed by atoms with E-state index in [2.05, 4.69) is 41.4 Å². The maximum atomic E-state index is 5.08. The van der Waals surface area contributed by atoms with Crippen molar-refractivity contribution in [2.75, 3.05) is 24.8 Å². The maximum absolute atomic E-state index is 5.08. The number of nitrogens with one attached hydrogen (secondary N) is 2. The highest BCUT2D eigenvalue weighted by Crippen LogP contribution is 2.16. The normalized spacial score (nSPS) is 14.1. The molecule has 0 bridgehead atoms. The van der Waals surface area contributed by atoms with Crippen LogP contribution in [0.15, 0.2) is 6.07 Å². The summed E-state index contributed by atoms with van der Waals surface area (Å²) in [4.78, 5) is 8.77. The smallest absolute Gasteiger partial charge is 0.158 e. The van der Waals surface area contributed by atoms with E-state index >= 15 is 0 Å². The van der Waals surface area contributed by atoms with Gasteiger partial charge in [0.15, 0.2) is 5.82 Å². The van der Waals surface area contributed by atoms with Crippen LogP contribution in [-0.2, 0) is 11.3 Å². The molecular formula is C13H24N4O. The molecule has 1 heterocycles. The Morgan fingerprint density at radius 2 is 1.94 bits per heavy atom. The Bertz CT molecular complexity index is 370. The van der Waals surface area contributed by atoms with E-state index in [1.807, 2.05) is 13.1 Å². The molecule has 5 heteroatoms. The van der Waals surface area contributed by atoms with Gasteiger partial charge in [-0.05, 0) is 12.8 Å². The van der Waals surface area contributed by atoms with Crippen LogP contribution in [-0.4, -0.2) is 30.2 Å². The minimum absolute atomic E-state index is 0.380. The molecule has 1 aromatic heterocycles. The van der Waals surface area contributed by atoms with E-state index in [1.165, 1.54) is 0 Å². The van der Waals surface area contributed by atoms with E-state index in [1.54, 1.807) is 7.11 Å². The second-order valence-electron chi connectivity index (χ2n) is 4.56. The fourth-order valence-electron chi connectivity index (χ4n) is 1.62. The predicted octanol–water partition coefficient (Wildman–Crippen LogP) is 2.51. The van der Waals surface area contributed by atoms with Crippen LogP contribution >= 0.6 is 0 Å². The van der Waals surface area contributed by atoms with Gasteiger partial charge in [0.1, 0.15) is 18.2 Å². The van der Waals surface area contributed by atoms with Crippen molar-refractivity contribution in [3.05, 3.63) is 11.9 Å². The van der Waals surface area contributed by atoms with E-state index in [4.69, 9.17) is 4.74 Å². The van der Waals surface area contributed by atoms with Crippen LogP contribution in [0.1, 0.15) is 33.0 Å². The minimum Gasteiger partial charge on any atom is -0.377 e. The summed E-state index contributed by atoms with van der Waals surface area (Å²) in [6, 6.07) is 2.29. The quantitative estimate of drug-likeness (QED) is 0.781. The summed E-state index contributed by atoms with van der Waals surface area (Å²) in [5.41, 5.74) is 0. The van der Waals surface area contributed by atoms with Crippen LogP contribution in [0.4, 0.5) is 11.6 Å². The maximum Gasteiger partial charge on any atom is 0.158 e. The zero-order valence-electron chi connectivity index (χ0n) is 11.9. The highest BCUT2D eigenvalue weighted by Gasteiger charge is 2.11. The molecule has 5 nitrogen and oxygen atoms in total. The molecule has 0 fully saturated rings. The molecule has 0 radical (unpaired) electrons. The van der Waals surface area contributed by atoms with Gasteiger partial charge in [-0.1, -0.05) is 20.3 Å². The molecule has 0 saturated heterocycles. The SMILES string of the molecule is CCC(C)C(C)Nc1cc(NC)nc(COC)n1. The van der Waals surface area contributed by atoms with Crippen molar-refractivity contribution in [1.29, 1.82) is 0 Å². The van der Waals surface area contributed by atoms with Gasteiger partial charge in [-0.2, -0.15) is 0 Å². The lowest BCUT2D eigenvalue weighted by molar-refractivity contribution is 0.178. The number of nitrogens with zero attached hydrogens (tertiary/aromatic N) is 2. The molecular weight excluding hydrogens is 228 g/mol.